The summed E-state index contributed by atoms with van der Waals surface area (Å²) in [5.74, 6) is 0. The Bertz CT molecular complexity index is 2090. The minimum Gasteiger partial charge on any atom is -0.405 e. The van der Waals surface area contributed by atoms with Gasteiger partial charge in [-0.05, 0) is 54.9 Å². The summed E-state index contributed by atoms with van der Waals surface area (Å²) in [5, 5.41) is 6.73. The van der Waals surface area contributed by atoms with Gasteiger partial charge >= 0.3 is 34.2 Å². The molecule has 0 radical (unpaired) electrons. The molecule has 0 unspecified atom stereocenters. The van der Waals surface area contributed by atoms with Crippen LogP contribution < -0.4 is 36.3 Å². The number of hydrogen-bond acceptors (Lipinski definition) is 4. The second kappa shape index (κ2) is 16.5. The molecule has 0 saturated carbocycles. The van der Waals surface area contributed by atoms with Crippen LogP contribution in [0.3, 0.4) is 0 Å². The van der Waals surface area contributed by atoms with Crippen molar-refractivity contribution in [1.29, 1.82) is 0 Å². The van der Waals surface area contributed by atoms with Gasteiger partial charge in [0, 0.05) is 0 Å². The molecule has 0 aliphatic carbocycles. The maximum atomic E-state index is 8.39. The van der Waals surface area contributed by atoms with Crippen molar-refractivity contribution >= 4 is 99.4 Å². The van der Waals surface area contributed by atoms with Gasteiger partial charge < -0.3 is 16.5 Å². The highest BCUT2D eigenvalue weighted by Gasteiger charge is 2.67. The van der Waals surface area contributed by atoms with Gasteiger partial charge in [-0.1, -0.05) is 212 Å². The van der Waals surface area contributed by atoms with Crippen LogP contribution in [0.2, 0.25) is 18.6 Å². The van der Waals surface area contributed by atoms with Crippen LogP contribution in [0.5, 0.6) is 0 Å². The number of hydrogen-bond donors (Lipinski definition) is 0. The Morgan fingerprint density at radius 3 is 0.786 bits per heavy atom. The van der Waals surface area contributed by atoms with E-state index in [0.717, 1.165) is 36.3 Å². The zero-order chi connectivity index (χ0) is 38.5. The van der Waals surface area contributed by atoms with Gasteiger partial charge in [-0.25, -0.2) is 0 Å². The molecule has 0 aromatic heterocycles. The van der Waals surface area contributed by atoms with E-state index in [9.17, 15) is 0 Å². The van der Waals surface area contributed by atoms with Crippen LogP contribution in [-0.2, 0) is 16.5 Å². The summed E-state index contributed by atoms with van der Waals surface area (Å²) in [5.41, 5.74) is 0. The lowest BCUT2D eigenvalue weighted by molar-refractivity contribution is 0.261. The molecule has 0 amide bonds. The predicted molar refractivity (Wildman–Crippen MR) is 243 cm³/mol. The van der Waals surface area contributed by atoms with Crippen molar-refractivity contribution in [3.8, 4) is 0 Å². The summed E-state index contributed by atoms with van der Waals surface area (Å²) in [4.78, 5) is 0. The first kappa shape index (κ1) is 38.9. The van der Waals surface area contributed by atoms with Gasteiger partial charge in [0.05, 0.1) is 0 Å². The van der Waals surface area contributed by atoms with E-state index in [2.05, 4.69) is 170 Å². The first-order valence-electron chi connectivity index (χ1n) is 18.8. The average Bonchev–Trinajstić information content (AvgIpc) is 3.26. The number of halogens is 2. The SMILES string of the molecule is C[Si](Cl)(Cl)CC[Si]1(c2ccccc2)O[Si](c2ccccc2)(c2ccccc2)O[Si](c2ccccc2)(c2ccccc2)O[Si](c2ccccc2)(c2ccccc2)O1. The Morgan fingerprint density at radius 2 is 0.554 bits per heavy atom. The molecule has 0 spiro atoms. The smallest absolute Gasteiger partial charge is 0.390 e. The first-order valence-corrected chi connectivity index (χ1v) is 31.0. The van der Waals surface area contributed by atoms with Crippen LogP contribution in [0.25, 0.3) is 0 Å². The van der Waals surface area contributed by atoms with E-state index in [-0.39, 0.29) is 0 Å². The van der Waals surface area contributed by atoms with Crippen LogP contribution in [0.1, 0.15) is 0 Å². The van der Waals surface area contributed by atoms with E-state index in [1.165, 1.54) is 0 Å². The van der Waals surface area contributed by atoms with Crippen molar-refractivity contribution < 1.29 is 16.5 Å². The highest BCUT2D eigenvalue weighted by atomic mass is 35.7. The lowest BCUT2D eigenvalue weighted by atomic mass is 10.4. The summed E-state index contributed by atoms with van der Waals surface area (Å²) in [6.45, 7) is -0.744. The van der Waals surface area contributed by atoms with Crippen molar-refractivity contribution in [3.63, 3.8) is 0 Å². The standard InChI is InChI=1S/C45H42Cl2O4Si5/c1-52(46,47)37-38-53(39-23-9-2-10-24-39)48-54(40-25-11-3-12-26-40,41-27-13-4-14-28-41)50-56(44-33-19-7-20-34-44,45-35-21-8-22-36-45)51-55(49-53,42-29-15-5-16-30-42)43-31-17-6-18-32-43/h2-36H,37-38H2,1H3. The minimum atomic E-state index is -3.89. The highest BCUT2D eigenvalue weighted by Crippen LogP contribution is 2.36. The van der Waals surface area contributed by atoms with Gasteiger partial charge in [0.1, 0.15) is 0 Å². The fourth-order valence-electron chi connectivity index (χ4n) is 7.55. The van der Waals surface area contributed by atoms with Crippen LogP contribution in [0.15, 0.2) is 212 Å². The molecule has 1 aliphatic rings. The molecular formula is C45H42Cl2O4Si5. The third-order valence-electron chi connectivity index (χ3n) is 10.2. The van der Waals surface area contributed by atoms with E-state index in [4.69, 9.17) is 38.6 Å². The second-order valence-electron chi connectivity index (χ2n) is 14.1. The van der Waals surface area contributed by atoms with Crippen molar-refractivity contribution in [2.24, 2.45) is 0 Å². The van der Waals surface area contributed by atoms with Gasteiger partial charge in [-0.2, -0.15) is 0 Å². The molecule has 7 aromatic carbocycles. The molecule has 1 aliphatic heterocycles. The molecule has 1 saturated heterocycles. The van der Waals surface area contributed by atoms with E-state index in [0.29, 0.717) is 12.1 Å². The van der Waals surface area contributed by atoms with E-state index in [1.807, 2.05) is 49.0 Å². The van der Waals surface area contributed by atoms with Crippen LogP contribution in [0, 0.1) is 0 Å². The van der Waals surface area contributed by atoms with Crippen molar-refractivity contribution in [2.45, 2.75) is 18.6 Å². The first-order chi connectivity index (χ1) is 27.3. The molecule has 11 heteroatoms. The predicted octanol–water partition coefficient (Wildman–Crippen LogP) is 6.74. The summed E-state index contributed by atoms with van der Waals surface area (Å²) >= 11 is 14.1. The molecule has 0 bridgehead atoms. The zero-order valence-corrected chi connectivity index (χ0v) is 37.5. The fourth-order valence-corrected chi connectivity index (χ4v) is 34.6. The molecule has 8 rings (SSSR count). The Balaban J connectivity index is 1.57. The lowest BCUT2D eigenvalue weighted by Crippen LogP contribution is -2.86. The molecule has 1 fully saturated rings. The van der Waals surface area contributed by atoms with Gasteiger partial charge in [0.25, 0.3) is 0 Å². The third kappa shape index (κ3) is 7.70. The van der Waals surface area contributed by atoms with E-state index in [1.54, 1.807) is 0 Å². The Labute approximate surface area is 344 Å². The summed E-state index contributed by atoms with van der Waals surface area (Å²) < 4.78 is 33.5. The van der Waals surface area contributed by atoms with Crippen molar-refractivity contribution in [1.82, 2.24) is 0 Å². The van der Waals surface area contributed by atoms with E-state index < -0.39 is 40.9 Å². The quantitative estimate of drug-likeness (QED) is 0.113. The van der Waals surface area contributed by atoms with Crippen LogP contribution in [-0.4, -0.2) is 40.9 Å². The molecule has 4 nitrogen and oxygen atoms in total. The summed E-state index contributed by atoms with van der Waals surface area (Å²) in [7, 11) is -15.4. The number of rotatable bonds is 10. The normalized spacial score (nSPS) is 17.3. The van der Waals surface area contributed by atoms with Gasteiger partial charge in [-0.15, -0.1) is 22.2 Å². The van der Waals surface area contributed by atoms with E-state index >= 15 is 0 Å². The van der Waals surface area contributed by atoms with Gasteiger partial charge in [-0.3, -0.25) is 0 Å². The minimum absolute atomic E-state index is 0.494. The molecule has 1 heterocycles. The number of benzene rings is 7. The Morgan fingerprint density at radius 1 is 0.339 bits per heavy atom. The Hall–Kier alpha value is -3.96. The van der Waals surface area contributed by atoms with Gasteiger partial charge in [0.15, 0.2) is 0 Å². The van der Waals surface area contributed by atoms with Crippen LogP contribution in [0.4, 0.5) is 0 Å². The van der Waals surface area contributed by atoms with Crippen molar-refractivity contribution in [2.75, 3.05) is 0 Å². The lowest BCUT2D eigenvalue weighted by Gasteiger charge is -2.53. The topological polar surface area (TPSA) is 36.9 Å². The molecule has 0 N–H and O–H groups in total. The third-order valence-corrected chi connectivity index (χ3v) is 31.2. The summed E-state index contributed by atoms with van der Waals surface area (Å²) in [6.07, 6.45) is 0. The largest absolute Gasteiger partial charge is 0.405 e. The van der Waals surface area contributed by atoms with Crippen LogP contribution >= 0.6 is 22.2 Å². The molecular weight excluding hydrogens is 816 g/mol. The van der Waals surface area contributed by atoms with Crippen molar-refractivity contribution in [3.05, 3.63) is 212 Å². The van der Waals surface area contributed by atoms with Gasteiger partial charge in [0.2, 0.25) is 6.69 Å². The monoisotopic (exact) mass is 856 g/mol. The average molecular weight is 858 g/mol. The maximum Gasteiger partial charge on any atom is 0.390 e. The second-order valence-corrected chi connectivity index (χ2v) is 35.4. The molecule has 0 atom stereocenters. The fraction of sp³-hybridized carbons (Fsp3) is 0.0667. The summed E-state index contributed by atoms with van der Waals surface area (Å²) in [6, 6.07) is 74.2. The Kier molecular flexibility index (Phi) is 11.5. The maximum absolute atomic E-state index is 8.39. The zero-order valence-electron chi connectivity index (χ0n) is 31.0. The molecule has 7 aromatic rings. The molecule has 280 valence electrons. The molecule has 56 heavy (non-hydrogen) atoms. The highest BCUT2D eigenvalue weighted by molar-refractivity contribution is 7.45.